The number of aromatic nitrogens is 1. The van der Waals surface area contributed by atoms with Gasteiger partial charge in [-0.1, -0.05) is 0 Å². The van der Waals surface area contributed by atoms with E-state index in [2.05, 4.69) is 26.8 Å². The standard InChI is InChI=1S/C22H31N3O3/c26-20-5-3-4-19-18-12-17(15-25(19)20)14-23(16-18)21(27)13-22(6-10-28-11-7-22)24-8-1-2-9-24/h1-2,8-9,17-19H,3-7,10-16H2/t17-,18+,19?/m1/s1. The van der Waals surface area contributed by atoms with Crippen LogP contribution in [0.1, 0.15) is 44.9 Å². The lowest BCUT2D eigenvalue weighted by Gasteiger charge is -2.52. The van der Waals surface area contributed by atoms with E-state index in [0.717, 1.165) is 58.5 Å². The van der Waals surface area contributed by atoms with E-state index in [1.807, 2.05) is 12.1 Å². The van der Waals surface area contributed by atoms with Crippen molar-refractivity contribution in [3.63, 3.8) is 0 Å². The van der Waals surface area contributed by atoms with Gasteiger partial charge in [-0.05, 0) is 56.1 Å². The molecule has 0 spiro atoms. The smallest absolute Gasteiger partial charge is 0.224 e. The number of carbonyl (C=O) groups is 2. The van der Waals surface area contributed by atoms with Crippen LogP contribution in [0.25, 0.3) is 0 Å². The van der Waals surface area contributed by atoms with Gasteiger partial charge in [0.25, 0.3) is 0 Å². The van der Waals surface area contributed by atoms with Crippen LogP contribution in [0.15, 0.2) is 24.5 Å². The third-order valence-corrected chi connectivity index (χ3v) is 7.59. The molecule has 4 saturated heterocycles. The van der Waals surface area contributed by atoms with Crippen molar-refractivity contribution >= 4 is 11.8 Å². The molecule has 0 aromatic carbocycles. The molecule has 28 heavy (non-hydrogen) atoms. The van der Waals surface area contributed by atoms with Gasteiger partial charge in [-0.25, -0.2) is 0 Å². The maximum absolute atomic E-state index is 13.4. The number of carbonyl (C=O) groups excluding carboxylic acids is 2. The highest BCUT2D eigenvalue weighted by Crippen LogP contribution is 2.39. The molecule has 2 amide bonds. The van der Waals surface area contributed by atoms with Crippen LogP contribution in [0.4, 0.5) is 0 Å². The maximum atomic E-state index is 13.4. The Morgan fingerprint density at radius 2 is 1.93 bits per heavy atom. The van der Waals surface area contributed by atoms with Crippen molar-refractivity contribution in [1.29, 1.82) is 0 Å². The van der Waals surface area contributed by atoms with E-state index in [-0.39, 0.29) is 11.4 Å². The fourth-order valence-electron chi connectivity index (χ4n) is 6.14. The molecule has 0 radical (unpaired) electrons. The molecule has 4 fully saturated rings. The van der Waals surface area contributed by atoms with Gasteiger partial charge < -0.3 is 19.1 Å². The molecule has 5 rings (SSSR count). The van der Waals surface area contributed by atoms with Gasteiger partial charge in [0.15, 0.2) is 0 Å². The molecular weight excluding hydrogens is 354 g/mol. The maximum Gasteiger partial charge on any atom is 0.224 e. The Bertz CT molecular complexity index is 725. The van der Waals surface area contributed by atoms with Gasteiger partial charge in [-0.2, -0.15) is 0 Å². The number of nitrogens with zero attached hydrogens (tertiary/aromatic N) is 3. The summed E-state index contributed by atoms with van der Waals surface area (Å²) in [6.07, 6.45) is 10.5. The first-order valence-corrected chi connectivity index (χ1v) is 10.9. The lowest BCUT2D eigenvalue weighted by atomic mass is 9.75. The lowest BCUT2D eigenvalue weighted by Crippen LogP contribution is -2.61. The van der Waals surface area contributed by atoms with Gasteiger partial charge in [-0.15, -0.1) is 0 Å². The summed E-state index contributed by atoms with van der Waals surface area (Å²) in [5.41, 5.74) is -0.155. The first-order valence-electron chi connectivity index (χ1n) is 10.9. The minimum atomic E-state index is -0.155. The normalized spacial score (nSPS) is 32.1. The number of hydrogen-bond donors (Lipinski definition) is 0. The first-order chi connectivity index (χ1) is 13.6. The number of piperidine rings is 3. The molecule has 1 unspecified atom stereocenters. The Morgan fingerprint density at radius 3 is 2.71 bits per heavy atom. The Balaban J connectivity index is 1.31. The van der Waals surface area contributed by atoms with Crippen LogP contribution in [0.5, 0.6) is 0 Å². The van der Waals surface area contributed by atoms with E-state index in [0.29, 0.717) is 36.6 Å². The fraction of sp³-hybridized carbons (Fsp3) is 0.727. The minimum Gasteiger partial charge on any atom is -0.381 e. The fourth-order valence-corrected chi connectivity index (χ4v) is 6.14. The summed E-state index contributed by atoms with van der Waals surface area (Å²) in [5.74, 6) is 1.51. The summed E-state index contributed by atoms with van der Waals surface area (Å²) in [6.45, 7) is 3.91. The molecule has 1 aromatic rings. The van der Waals surface area contributed by atoms with Gasteiger partial charge in [0, 0.05) is 57.7 Å². The summed E-state index contributed by atoms with van der Waals surface area (Å²) in [4.78, 5) is 30.0. The molecule has 6 heteroatoms. The second-order valence-corrected chi connectivity index (χ2v) is 9.27. The van der Waals surface area contributed by atoms with Crippen molar-refractivity contribution in [2.75, 3.05) is 32.8 Å². The molecule has 0 aliphatic carbocycles. The number of amides is 2. The molecule has 152 valence electrons. The van der Waals surface area contributed by atoms with Crippen molar-refractivity contribution in [1.82, 2.24) is 14.4 Å². The van der Waals surface area contributed by atoms with Gasteiger partial charge in [0.1, 0.15) is 0 Å². The Labute approximate surface area is 166 Å². The predicted octanol–water partition coefficient (Wildman–Crippen LogP) is 2.24. The summed E-state index contributed by atoms with van der Waals surface area (Å²) >= 11 is 0. The number of rotatable bonds is 3. The SMILES string of the molecule is O=C(CC1(n2cccc2)CCOCC1)N1C[C@H]2C[C@@H](C1)C1CCCC(=O)N1C2. The van der Waals surface area contributed by atoms with E-state index in [9.17, 15) is 9.59 Å². The van der Waals surface area contributed by atoms with Gasteiger partial charge in [-0.3, -0.25) is 9.59 Å². The molecule has 4 aliphatic rings. The van der Waals surface area contributed by atoms with E-state index < -0.39 is 0 Å². The van der Waals surface area contributed by atoms with E-state index in [1.165, 1.54) is 6.42 Å². The summed E-state index contributed by atoms with van der Waals surface area (Å²) < 4.78 is 7.84. The molecule has 1 aromatic heterocycles. The zero-order valence-electron chi connectivity index (χ0n) is 16.6. The van der Waals surface area contributed by atoms with Crippen molar-refractivity contribution < 1.29 is 14.3 Å². The van der Waals surface area contributed by atoms with Gasteiger partial charge in [0.2, 0.25) is 11.8 Å². The molecule has 4 aliphatic heterocycles. The summed E-state index contributed by atoms with van der Waals surface area (Å²) in [6, 6.07) is 4.44. The van der Waals surface area contributed by atoms with Crippen molar-refractivity contribution in [2.45, 2.75) is 56.5 Å². The quantitative estimate of drug-likeness (QED) is 0.802. The second-order valence-electron chi connectivity index (χ2n) is 9.27. The molecular formula is C22H31N3O3. The molecule has 6 nitrogen and oxygen atoms in total. The molecule has 5 heterocycles. The van der Waals surface area contributed by atoms with Crippen LogP contribution in [0.2, 0.25) is 0 Å². The Hall–Kier alpha value is -1.82. The van der Waals surface area contributed by atoms with Gasteiger partial charge in [0.05, 0.1) is 12.0 Å². The number of fused-ring (bicyclic) bond motifs is 4. The largest absolute Gasteiger partial charge is 0.381 e. The van der Waals surface area contributed by atoms with Crippen LogP contribution in [-0.2, 0) is 19.9 Å². The monoisotopic (exact) mass is 385 g/mol. The third-order valence-electron chi connectivity index (χ3n) is 7.59. The van der Waals surface area contributed by atoms with Crippen LogP contribution in [-0.4, -0.2) is 65.1 Å². The zero-order chi connectivity index (χ0) is 19.1. The Morgan fingerprint density at radius 1 is 1.14 bits per heavy atom. The third kappa shape index (κ3) is 3.15. The van der Waals surface area contributed by atoms with E-state index >= 15 is 0 Å². The van der Waals surface area contributed by atoms with Crippen LogP contribution < -0.4 is 0 Å². The number of likely N-dealkylation sites (tertiary alicyclic amines) is 1. The summed E-state index contributed by atoms with van der Waals surface area (Å²) in [5, 5.41) is 0. The summed E-state index contributed by atoms with van der Waals surface area (Å²) in [7, 11) is 0. The first kappa shape index (κ1) is 18.2. The predicted molar refractivity (Wildman–Crippen MR) is 105 cm³/mol. The van der Waals surface area contributed by atoms with Crippen LogP contribution in [0.3, 0.4) is 0 Å². The van der Waals surface area contributed by atoms with Crippen LogP contribution >= 0.6 is 0 Å². The molecule has 0 N–H and O–H groups in total. The Kier molecular flexibility index (Phi) is 4.69. The van der Waals surface area contributed by atoms with Crippen LogP contribution in [0, 0.1) is 11.8 Å². The van der Waals surface area contributed by atoms with E-state index in [4.69, 9.17) is 4.74 Å². The van der Waals surface area contributed by atoms with Crippen molar-refractivity contribution in [3.05, 3.63) is 24.5 Å². The number of hydrogen-bond acceptors (Lipinski definition) is 3. The lowest BCUT2D eigenvalue weighted by molar-refractivity contribution is -0.150. The molecule has 0 saturated carbocycles. The minimum absolute atomic E-state index is 0.155. The second kappa shape index (κ2) is 7.21. The van der Waals surface area contributed by atoms with Crippen molar-refractivity contribution in [2.24, 2.45) is 11.8 Å². The molecule has 3 atom stereocenters. The highest BCUT2D eigenvalue weighted by molar-refractivity contribution is 5.79. The van der Waals surface area contributed by atoms with Crippen molar-refractivity contribution in [3.8, 4) is 0 Å². The van der Waals surface area contributed by atoms with E-state index in [1.54, 1.807) is 0 Å². The average molecular weight is 386 g/mol. The highest BCUT2D eigenvalue weighted by atomic mass is 16.5. The molecule has 2 bridgehead atoms. The van der Waals surface area contributed by atoms with Gasteiger partial charge >= 0.3 is 0 Å². The zero-order valence-corrected chi connectivity index (χ0v) is 16.6. The topological polar surface area (TPSA) is 54.8 Å². The highest BCUT2D eigenvalue weighted by Gasteiger charge is 2.46. The average Bonchev–Trinajstić information content (AvgIpc) is 3.25. The number of ether oxygens (including phenoxy) is 1.